The van der Waals surface area contributed by atoms with Crippen LogP contribution in [0.15, 0.2) is 40.1 Å². The molecule has 10 heteroatoms. The van der Waals surface area contributed by atoms with E-state index in [1.54, 1.807) is 0 Å². The molecule has 1 aromatic carbocycles. The first-order chi connectivity index (χ1) is 13.4. The summed E-state index contributed by atoms with van der Waals surface area (Å²) in [4.78, 5) is 30.0. The zero-order valence-corrected chi connectivity index (χ0v) is 16.0. The molecule has 4 rings (SSSR count). The molecule has 2 N–H and O–H groups in total. The van der Waals surface area contributed by atoms with Gasteiger partial charge in [-0.15, -0.1) is 12.4 Å². The van der Waals surface area contributed by atoms with Crippen molar-refractivity contribution in [3.8, 4) is 5.69 Å². The Morgan fingerprint density at radius 3 is 2.34 bits per heavy atom. The standard InChI is InChI=1S/C19H17F3N4O2.ClH/c20-10-7-14-17(24-9-10)25(13-5-6-15(21)16(22)8-13)19(28)26(18(14)27)12-3-1-11(23)2-4-12;/h5-9,11-12H,1-4,23H2;1H/t11-,12+;. The van der Waals surface area contributed by atoms with Gasteiger partial charge in [0.2, 0.25) is 0 Å². The Bertz CT molecular complexity index is 1190. The average Bonchev–Trinajstić information content (AvgIpc) is 2.67. The first-order valence-corrected chi connectivity index (χ1v) is 8.90. The highest BCUT2D eigenvalue weighted by molar-refractivity contribution is 5.85. The summed E-state index contributed by atoms with van der Waals surface area (Å²) in [6.45, 7) is 0. The van der Waals surface area contributed by atoms with Crippen LogP contribution in [0.2, 0.25) is 0 Å². The van der Waals surface area contributed by atoms with Crippen molar-refractivity contribution >= 4 is 23.4 Å². The third-order valence-corrected chi connectivity index (χ3v) is 5.16. The highest BCUT2D eigenvalue weighted by Gasteiger charge is 2.26. The van der Waals surface area contributed by atoms with E-state index in [0.717, 1.165) is 33.5 Å². The summed E-state index contributed by atoms with van der Waals surface area (Å²) < 4.78 is 43.0. The quantitative estimate of drug-likeness (QED) is 0.683. The number of pyridine rings is 1. The zero-order chi connectivity index (χ0) is 20.0. The Hall–Kier alpha value is -2.65. The number of aromatic nitrogens is 3. The number of hydrogen-bond donors (Lipinski definition) is 1. The summed E-state index contributed by atoms with van der Waals surface area (Å²) >= 11 is 0. The molecule has 1 fully saturated rings. The maximum atomic E-state index is 13.8. The Kier molecular flexibility index (Phi) is 5.81. The summed E-state index contributed by atoms with van der Waals surface area (Å²) in [5.41, 5.74) is 4.39. The number of nitrogens with two attached hydrogens (primary N) is 1. The summed E-state index contributed by atoms with van der Waals surface area (Å²) in [6.07, 6.45) is 3.18. The van der Waals surface area contributed by atoms with Crippen molar-refractivity contribution in [1.82, 2.24) is 14.1 Å². The van der Waals surface area contributed by atoms with Crippen LogP contribution in [0.3, 0.4) is 0 Å². The van der Waals surface area contributed by atoms with E-state index in [-0.39, 0.29) is 35.2 Å². The van der Waals surface area contributed by atoms with Gasteiger partial charge in [0.25, 0.3) is 5.56 Å². The molecule has 0 amide bonds. The lowest BCUT2D eigenvalue weighted by Gasteiger charge is -2.27. The topological polar surface area (TPSA) is 82.9 Å². The van der Waals surface area contributed by atoms with E-state index in [2.05, 4.69) is 4.98 Å². The fraction of sp³-hybridized carbons (Fsp3) is 0.316. The van der Waals surface area contributed by atoms with Crippen molar-refractivity contribution in [3.05, 3.63) is 68.8 Å². The summed E-state index contributed by atoms with van der Waals surface area (Å²) in [6, 6.07) is 3.50. The lowest BCUT2D eigenvalue weighted by molar-refractivity contribution is 0.309. The molecule has 2 heterocycles. The first kappa shape index (κ1) is 21.1. The maximum absolute atomic E-state index is 13.8. The SMILES string of the molecule is Cl.N[C@H]1CC[C@@H](n2c(=O)c3cc(F)cnc3n(-c3ccc(F)c(F)c3)c2=O)CC1. The summed E-state index contributed by atoms with van der Waals surface area (Å²) in [7, 11) is 0. The van der Waals surface area contributed by atoms with Crippen LogP contribution in [-0.2, 0) is 0 Å². The fourth-order valence-corrected chi connectivity index (χ4v) is 3.72. The van der Waals surface area contributed by atoms with E-state index >= 15 is 0 Å². The van der Waals surface area contributed by atoms with E-state index in [4.69, 9.17) is 5.73 Å². The highest BCUT2D eigenvalue weighted by atomic mass is 35.5. The highest BCUT2D eigenvalue weighted by Crippen LogP contribution is 2.26. The smallest absolute Gasteiger partial charge is 0.328 e. The second-order valence-electron chi connectivity index (χ2n) is 6.98. The lowest BCUT2D eigenvalue weighted by Crippen LogP contribution is -2.44. The molecule has 1 aliphatic rings. The number of halogens is 4. The fourth-order valence-electron chi connectivity index (χ4n) is 3.72. The predicted octanol–water partition coefficient (Wildman–Crippen LogP) is 2.83. The average molecular weight is 427 g/mol. The minimum Gasteiger partial charge on any atom is -0.328 e. The normalized spacial score (nSPS) is 19.2. The second kappa shape index (κ2) is 8.00. The summed E-state index contributed by atoms with van der Waals surface area (Å²) in [5.74, 6) is -2.96. The molecule has 0 saturated heterocycles. The van der Waals surface area contributed by atoms with E-state index in [0.29, 0.717) is 25.7 Å². The van der Waals surface area contributed by atoms with Gasteiger partial charge in [0.1, 0.15) is 5.82 Å². The molecule has 0 radical (unpaired) electrons. The minimum absolute atomic E-state index is 0. The van der Waals surface area contributed by atoms with Crippen molar-refractivity contribution in [2.75, 3.05) is 0 Å². The van der Waals surface area contributed by atoms with Gasteiger partial charge >= 0.3 is 5.69 Å². The van der Waals surface area contributed by atoms with Crippen LogP contribution in [0.4, 0.5) is 13.2 Å². The first-order valence-electron chi connectivity index (χ1n) is 8.90. The van der Waals surface area contributed by atoms with Gasteiger partial charge in [-0.1, -0.05) is 0 Å². The molecule has 0 aliphatic heterocycles. The van der Waals surface area contributed by atoms with Crippen molar-refractivity contribution < 1.29 is 13.2 Å². The van der Waals surface area contributed by atoms with Crippen LogP contribution in [0.1, 0.15) is 31.7 Å². The van der Waals surface area contributed by atoms with E-state index in [1.807, 2.05) is 0 Å². The van der Waals surface area contributed by atoms with Crippen LogP contribution in [0.25, 0.3) is 16.7 Å². The second-order valence-corrected chi connectivity index (χ2v) is 6.98. The molecule has 2 aromatic heterocycles. The molecular formula is C19H18ClF3N4O2. The van der Waals surface area contributed by atoms with E-state index in [9.17, 15) is 22.8 Å². The number of benzene rings is 1. The molecule has 1 saturated carbocycles. The largest absolute Gasteiger partial charge is 0.337 e. The van der Waals surface area contributed by atoms with Crippen LogP contribution >= 0.6 is 12.4 Å². The molecule has 6 nitrogen and oxygen atoms in total. The number of rotatable bonds is 2. The zero-order valence-electron chi connectivity index (χ0n) is 15.1. The monoisotopic (exact) mass is 426 g/mol. The van der Waals surface area contributed by atoms with Gasteiger partial charge in [-0.3, -0.25) is 9.36 Å². The Morgan fingerprint density at radius 1 is 1.00 bits per heavy atom. The van der Waals surface area contributed by atoms with Crippen molar-refractivity contribution in [2.24, 2.45) is 5.73 Å². The van der Waals surface area contributed by atoms with Crippen molar-refractivity contribution in [2.45, 2.75) is 37.8 Å². The van der Waals surface area contributed by atoms with Crippen LogP contribution in [0, 0.1) is 17.5 Å². The van der Waals surface area contributed by atoms with Gasteiger partial charge in [0.15, 0.2) is 17.3 Å². The van der Waals surface area contributed by atoms with Crippen LogP contribution < -0.4 is 17.0 Å². The summed E-state index contributed by atoms with van der Waals surface area (Å²) in [5, 5.41) is -0.112. The molecule has 3 aromatic rings. The number of fused-ring (bicyclic) bond motifs is 1. The molecule has 1 aliphatic carbocycles. The van der Waals surface area contributed by atoms with Gasteiger partial charge in [0.05, 0.1) is 17.3 Å². The molecule has 0 spiro atoms. The van der Waals surface area contributed by atoms with Gasteiger partial charge in [-0.2, -0.15) is 0 Å². The number of nitrogens with zero attached hydrogens (tertiary/aromatic N) is 3. The Morgan fingerprint density at radius 2 is 1.69 bits per heavy atom. The predicted molar refractivity (Wildman–Crippen MR) is 104 cm³/mol. The van der Waals surface area contributed by atoms with E-state index in [1.165, 1.54) is 6.07 Å². The molecular weight excluding hydrogens is 409 g/mol. The van der Waals surface area contributed by atoms with E-state index < -0.39 is 34.7 Å². The molecule has 0 bridgehead atoms. The minimum atomic E-state index is -1.15. The number of hydrogen-bond acceptors (Lipinski definition) is 4. The van der Waals surface area contributed by atoms with Crippen molar-refractivity contribution in [3.63, 3.8) is 0 Å². The van der Waals surface area contributed by atoms with Crippen LogP contribution in [0.5, 0.6) is 0 Å². The van der Waals surface area contributed by atoms with Crippen molar-refractivity contribution in [1.29, 1.82) is 0 Å². The maximum Gasteiger partial charge on any atom is 0.337 e. The van der Waals surface area contributed by atoms with Crippen LogP contribution in [-0.4, -0.2) is 20.2 Å². The Balaban J connectivity index is 0.00000240. The Labute approximate surface area is 169 Å². The molecule has 29 heavy (non-hydrogen) atoms. The third-order valence-electron chi connectivity index (χ3n) is 5.16. The van der Waals surface area contributed by atoms with Gasteiger partial charge < -0.3 is 5.73 Å². The van der Waals surface area contributed by atoms with Gasteiger partial charge in [0, 0.05) is 18.2 Å². The van der Waals surface area contributed by atoms with Gasteiger partial charge in [-0.05, 0) is 43.9 Å². The third kappa shape index (κ3) is 3.67. The molecule has 0 atom stereocenters. The molecule has 0 unspecified atom stereocenters. The van der Waals surface area contributed by atoms with Gasteiger partial charge in [-0.25, -0.2) is 27.5 Å². The molecule has 154 valence electrons. The lowest BCUT2D eigenvalue weighted by atomic mass is 9.91.